The Kier molecular flexibility index (Phi) is 7.34. The summed E-state index contributed by atoms with van der Waals surface area (Å²) >= 11 is 0. The maximum Gasteiger partial charge on any atom is 0.0923 e. The molecule has 0 spiro atoms. The quantitative estimate of drug-likeness (QED) is 0.466. The fraction of sp³-hybridized carbons (Fsp3) is 0.632. The first-order valence-corrected chi connectivity index (χ1v) is 8.82. The van der Waals surface area contributed by atoms with Gasteiger partial charge in [0, 0.05) is 18.1 Å². The topological polar surface area (TPSA) is 17.8 Å². The van der Waals surface area contributed by atoms with Crippen LogP contribution in [0.15, 0.2) is 30.5 Å². The summed E-state index contributed by atoms with van der Waals surface area (Å²) in [4.78, 5) is 0. The average Bonchev–Trinajstić information content (AvgIpc) is 2.92. The third-order valence-electron chi connectivity index (χ3n) is 4.20. The number of unbranched alkanes of at least 4 members (excludes halogenated alkanes) is 9. The van der Waals surface area contributed by atoms with Crippen molar-refractivity contribution in [2.75, 3.05) is 0 Å². The monoisotopic (exact) mass is 286 g/mol. The van der Waals surface area contributed by atoms with Gasteiger partial charge in [0.05, 0.1) is 5.52 Å². The summed E-state index contributed by atoms with van der Waals surface area (Å²) in [5.74, 6) is 0. The van der Waals surface area contributed by atoms with E-state index in [1.807, 2.05) is 0 Å². The Hall–Kier alpha value is -1.31. The lowest BCUT2D eigenvalue weighted by molar-refractivity contribution is 0.517. The summed E-state index contributed by atoms with van der Waals surface area (Å²) in [6, 6.07) is 8.36. The number of benzene rings is 1. The molecular weight excluding hydrogens is 256 g/mol. The van der Waals surface area contributed by atoms with Crippen LogP contribution in [0.25, 0.3) is 10.9 Å². The molecule has 0 saturated heterocycles. The zero-order chi connectivity index (χ0) is 14.8. The normalized spacial score (nSPS) is 11.3. The van der Waals surface area contributed by atoms with Crippen LogP contribution in [0.3, 0.4) is 0 Å². The van der Waals surface area contributed by atoms with Crippen LogP contribution in [0.2, 0.25) is 0 Å². The molecule has 0 radical (unpaired) electrons. The second kappa shape index (κ2) is 9.59. The van der Waals surface area contributed by atoms with Gasteiger partial charge in [0.25, 0.3) is 0 Å². The Morgan fingerprint density at radius 3 is 2.10 bits per heavy atom. The van der Waals surface area contributed by atoms with Crippen molar-refractivity contribution < 1.29 is 0 Å². The molecule has 0 saturated carbocycles. The molecule has 0 atom stereocenters. The third kappa shape index (κ3) is 5.91. The maximum atomic E-state index is 4.61. The minimum Gasteiger partial charge on any atom is -0.272 e. The predicted molar refractivity (Wildman–Crippen MR) is 91.6 cm³/mol. The summed E-state index contributed by atoms with van der Waals surface area (Å²) < 4.78 is 2.11. The van der Waals surface area contributed by atoms with Gasteiger partial charge in [0.1, 0.15) is 0 Å². The van der Waals surface area contributed by atoms with Crippen LogP contribution in [0.1, 0.15) is 71.1 Å². The van der Waals surface area contributed by atoms with E-state index in [2.05, 4.69) is 47.2 Å². The van der Waals surface area contributed by atoms with Gasteiger partial charge < -0.3 is 0 Å². The minimum absolute atomic E-state index is 1.06. The van der Waals surface area contributed by atoms with Crippen LogP contribution in [-0.4, -0.2) is 9.78 Å². The third-order valence-corrected chi connectivity index (χ3v) is 4.20. The molecule has 0 N–H and O–H groups in total. The SMILES string of the molecule is CCCCCCCCCCCCn1cc2ccccc2n1. The fourth-order valence-corrected chi connectivity index (χ4v) is 2.89. The molecule has 1 aromatic heterocycles. The smallest absolute Gasteiger partial charge is 0.0923 e. The van der Waals surface area contributed by atoms with Gasteiger partial charge in [-0.05, 0) is 12.5 Å². The van der Waals surface area contributed by atoms with Gasteiger partial charge in [0.2, 0.25) is 0 Å². The van der Waals surface area contributed by atoms with E-state index >= 15 is 0 Å². The molecule has 0 bridgehead atoms. The van der Waals surface area contributed by atoms with Gasteiger partial charge in [-0.25, -0.2) is 0 Å². The summed E-state index contributed by atoms with van der Waals surface area (Å²) in [6.07, 6.45) is 16.1. The van der Waals surface area contributed by atoms with Gasteiger partial charge in [0.15, 0.2) is 0 Å². The zero-order valence-electron chi connectivity index (χ0n) is 13.6. The highest BCUT2D eigenvalue weighted by molar-refractivity contribution is 5.77. The highest BCUT2D eigenvalue weighted by Crippen LogP contribution is 2.13. The van der Waals surface area contributed by atoms with Crippen molar-refractivity contribution >= 4 is 10.9 Å². The number of nitrogens with zero attached hydrogens (tertiary/aromatic N) is 2. The molecule has 0 fully saturated rings. The van der Waals surface area contributed by atoms with E-state index in [0.717, 1.165) is 12.1 Å². The lowest BCUT2D eigenvalue weighted by Crippen LogP contribution is -1.98. The molecule has 0 aliphatic heterocycles. The van der Waals surface area contributed by atoms with Crippen molar-refractivity contribution in [1.29, 1.82) is 0 Å². The van der Waals surface area contributed by atoms with Crippen molar-refractivity contribution in [2.45, 2.75) is 77.7 Å². The van der Waals surface area contributed by atoms with Gasteiger partial charge in [-0.3, -0.25) is 4.68 Å². The van der Waals surface area contributed by atoms with E-state index in [1.54, 1.807) is 0 Å². The molecule has 116 valence electrons. The van der Waals surface area contributed by atoms with E-state index in [4.69, 9.17) is 0 Å². The van der Waals surface area contributed by atoms with Gasteiger partial charge >= 0.3 is 0 Å². The largest absolute Gasteiger partial charge is 0.272 e. The first-order chi connectivity index (χ1) is 10.4. The van der Waals surface area contributed by atoms with Gasteiger partial charge in [-0.1, -0.05) is 82.9 Å². The molecule has 2 aromatic rings. The molecule has 0 unspecified atom stereocenters. The molecule has 21 heavy (non-hydrogen) atoms. The molecule has 2 heteroatoms. The number of hydrogen-bond acceptors (Lipinski definition) is 1. The Bertz CT molecular complexity index is 468. The van der Waals surface area contributed by atoms with Crippen LogP contribution in [0.5, 0.6) is 0 Å². The second-order valence-corrected chi connectivity index (χ2v) is 6.13. The van der Waals surface area contributed by atoms with Crippen molar-refractivity contribution in [1.82, 2.24) is 9.78 Å². The van der Waals surface area contributed by atoms with Crippen LogP contribution < -0.4 is 0 Å². The highest BCUT2D eigenvalue weighted by atomic mass is 15.3. The van der Waals surface area contributed by atoms with Crippen LogP contribution >= 0.6 is 0 Å². The van der Waals surface area contributed by atoms with Crippen LogP contribution in [-0.2, 0) is 6.54 Å². The Morgan fingerprint density at radius 2 is 1.43 bits per heavy atom. The Morgan fingerprint density at radius 1 is 0.810 bits per heavy atom. The van der Waals surface area contributed by atoms with Gasteiger partial charge in [-0.15, -0.1) is 0 Å². The minimum atomic E-state index is 1.06. The van der Waals surface area contributed by atoms with E-state index in [-0.39, 0.29) is 0 Å². The Labute approximate surface area is 129 Å². The number of aryl methyl sites for hydroxylation is 1. The average molecular weight is 286 g/mol. The van der Waals surface area contributed by atoms with E-state index < -0.39 is 0 Å². The molecule has 1 aromatic carbocycles. The van der Waals surface area contributed by atoms with E-state index in [0.29, 0.717) is 0 Å². The number of hydrogen-bond donors (Lipinski definition) is 0. The first kappa shape index (κ1) is 16.1. The Balaban J connectivity index is 1.50. The van der Waals surface area contributed by atoms with Crippen molar-refractivity contribution in [3.05, 3.63) is 30.5 Å². The number of aromatic nitrogens is 2. The molecular formula is C19H30N2. The van der Waals surface area contributed by atoms with Crippen molar-refractivity contribution in [3.8, 4) is 0 Å². The summed E-state index contributed by atoms with van der Waals surface area (Å²) in [6.45, 7) is 3.34. The number of fused-ring (bicyclic) bond motifs is 1. The van der Waals surface area contributed by atoms with E-state index in [1.165, 1.54) is 69.6 Å². The summed E-state index contributed by atoms with van der Waals surface area (Å²) in [5.41, 5.74) is 1.12. The zero-order valence-corrected chi connectivity index (χ0v) is 13.6. The van der Waals surface area contributed by atoms with Crippen molar-refractivity contribution in [2.24, 2.45) is 0 Å². The second-order valence-electron chi connectivity index (χ2n) is 6.13. The predicted octanol–water partition coefficient (Wildman–Crippen LogP) is 5.96. The molecule has 0 amide bonds. The number of rotatable bonds is 11. The molecule has 1 heterocycles. The van der Waals surface area contributed by atoms with Gasteiger partial charge in [-0.2, -0.15) is 5.10 Å². The van der Waals surface area contributed by atoms with Crippen LogP contribution in [0, 0.1) is 0 Å². The maximum absolute atomic E-state index is 4.61. The molecule has 2 rings (SSSR count). The first-order valence-electron chi connectivity index (χ1n) is 8.82. The fourth-order valence-electron chi connectivity index (χ4n) is 2.89. The highest BCUT2D eigenvalue weighted by Gasteiger charge is 1.99. The molecule has 2 nitrogen and oxygen atoms in total. The lowest BCUT2D eigenvalue weighted by Gasteiger charge is -2.03. The van der Waals surface area contributed by atoms with E-state index in [9.17, 15) is 0 Å². The molecule has 0 aliphatic rings. The molecule has 0 aliphatic carbocycles. The standard InChI is InChI=1S/C19H30N2/c1-2-3-4-5-6-7-8-9-10-13-16-21-17-18-14-11-12-15-19(18)20-21/h11-12,14-15,17H,2-10,13,16H2,1H3. The van der Waals surface area contributed by atoms with Crippen LogP contribution in [0.4, 0.5) is 0 Å². The lowest BCUT2D eigenvalue weighted by atomic mass is 10.1. The summed E-state index contributed by atoms with van der Waals surface area (Å²) in [7, 11) is 0. The van der Waals surface area contributed by atoms with Crippen molar-refractivity contribution in [3.63, 3.8) is 0 Å². The summed E-state index contributed by atoms with van der Waals surface area (Å²) in [5, 5.41) is 5.86.